The van der Waals surface area contributed by atoms with Gasteiger partial charge in [-0.05, 0) is 38.5 Å². The molecule has 1 unspecified atom stereocenters. The highest BCUT2D eigenvalue weighted by atomic mass is 35.5. The summed E-state index contributed by atoms with van der Waals surface area (Å²) in [7, 11) is -3.69. The molecule has 5 nitrogen and oxygen atoms in total. The average Bonchev–Trinajstić information content (AvgIpc) is 2.39. The normalized spacial score (nSPS) is 13.0. The number of ether oxygens (including phenoxy) is 1. The molecule has 1 aromatic carbocycles. The van der Waals surface area contributed by atoms with Gasteiger partial charge in [0.1, 0.15) is 0 Å². The van der Waals surface area contributed by atoms with E-state index in [-0.39, 0.29) is 19.8 Å². The fourth-order valence-electron chi connectivity index (χ4n) is 1.89. The molecule has 1 atom stereocenters. The fraction of sp³-hybridized carbons (Fsp3) is 0.500. The highest BCUT2D eigenvalue weighted by molar-refractivity contribution is 7.55. The minimum Gasteiger partial charge on any atom is -0.465 e. The van der Waals surface area contributed by atoms with E-state index in [1.165, 1.54) is 0 Å². The van der Waals surface area contributed by atoms with Crippen molar-refractivity contribution in [3.8, 4) is 0 Å². The van der Waals surface area contributed by atoms with Crippen molar-refractivity contribution < 1.29 is 23.1 Å². The summed E-state index contributed by atoms with van der Waals surface area (Å²) in [5.41, 5.74) is -0.692. The summed E-state index contributed by atoms with van der Waals surface area (Å²) in [4.78, 5) is 12.3. The molecule has 0 fully saturated rings. The van der Waals surface area contributed by atoms with Crippen LogP contribution >= 0.6 is 19.2 Å². The van der Waals surface area contributed by atoms with Gasteiger partial charge in [0.25, 0.3) is 0 Å². The van der Waals surface area contributed by atoms with Gasteiger partial charge < -0.3 is 13.8 Å². The summed E-state index contributed by atoms with van der Waals surface area (Å²) in [5, 5.41) is 0.432. The Morgan fingerprint density at radius 2 is 1.81 bits per heavy atom. The Balaban J connectivity index is 3.29. The second kappa shape index (κ2) is 8.54. The molecule has 0 saturated heterocycles. The Bertz CT molecular complexity index is 510. The maximum atomic E-state index is 13.0. The van der Waals surface area contributed by atoms with E-state index in [0.29, 0.717) is 10.6 Å². The molecule has 1 rings (SSSR count). The van der Waals surface area contributed by atoms with Gasteiger partial charge in [-0.3, -0.25) is 9.36 Å². The van der Waals surface area contributed by atoms with Crippen molar-refractivity contribution in [1.29, 1.82) is 0 Å². The Kier molecular flexibility index (Phi) is 7.40. The first-order valence-electron chi connectivity index (χ1n) is 6.79. The standard InChI is InChI=1S/C14H20ClO5P/c1-4-18-14(16)13(11-8-7-9-12(15)10-11)21(17,19-5-2)20-6-3/h7-10,13H,4-6H2,1-3H3. The van der Waals surface area contributed by atoms with Gasteiger partial charge >= 0.3 is 13.6 Å². The van der Waals surface area contributed by atoms with E-state index in [9.17, 15) is 9.36 Å². The number of hydrogen-bond acceptors (Lipinski definition) is 5. The van der Waals surface area contributed by atoms with Gasteiger partial charge in [-0.2, -0.15) is 0 Å². The lowest BCUT2D eigenvalue weighted by atomic mass is 10.1. The van der Waals surface area contributed by atoms with Crippen molar-refractivity contribution in [1.82, 2.24) is 0 Å². The van der Waals surface area contributed by atoms with Crippen LogP contribution in [0.3, 0.4) is 0 Å². The molecule has 7 heteroatoms. The summed E-state index contributed by atoms with van der Waals surface area (Å²) < 4.78 is 28.5. The van der Waals surface area contributed by atoms with Crippen LogP contribution in [0.4, 0.5) is 0 Å². The Morgan fingerprint density at radius 3 is 2.29 bits per heavy atom. The average molecular weight is 335 g/mol. The summed E-state index contributed by atoms with van der Waals surface area (Å²) in [6.07, 6.45) is 0. The van der Waals surface area contributed by atoms with Crippen molar-refractivity contribution >= 4 is 25.2 Å². The van der Waals surface area contributed by atoms with Gasteiger partial charge in [-0.25, -0.2) is 0 Å². The first-order chi connectivity index (χ1) is 9.98. The minimum atomic E-state index is -3.69. The molecule has 0 aromatic heterocycles. The van der Waals surface area contributed by atoms with E-state index < -0.39 is 19.2 Å². The van der Waals surface area contributed by atoms with Gasteiger partial charge in [0.2, 0.25) is 0 Å². The molecule has 0 heterocycles. The smallest absolute Gasteiger partial charge is 0.349 e. The Morgan fingerprint density at radius 1 is 1.19 bits per heavy atom. The number of rotatable bonds is 8. The number of esters is 1. The first kappa shape index (κ1) is 18.2. The zero-order chi connectivity index (χ0) is 15.9. The van der Waals surface area contributed by atoms with Crippen molar-refractivity contribution in [3.05, 3.63) is 34.9 Å². The SMILES string of the molecule is CCOC(=O)C(c1cccc(Cl)c1)P(=O)(OCC)OCC. The van der Waals surface area contributed by atoms with Gasteiger partial charge in [0, 0.05) is 5.02 Å². The summed E-state index contributed by atoms with van der Waals surface area (Å²) in [6.45, 7) is 5.55. The highest BCUT2D eigenvalue weighted by Gasteiger charge is 2.43. The minimum absolute atomic E-state index is 0.160. The van der Waals surface area contributed by atoms with Crippen LogP contribution in [0.5, 0.6) is 0 Å². The lowest BCUT2D eigenvalue weighted by Gasteiger charge is -2.25. The number of halogens is 1. The van der Waals surface area contributed by atoms with Crippen LogP contribution in [0.25, 0.3) is 0 Å². The highest BCUT2D eigenvalue weighted by Crippen LogP contribution is 2.61. The van der Waals surface area contributed by atoms with E-state index in [4.69, 9.17) is 25.4 Å². The second-order valence-electron chi connectivity index (χ2n) is 4.08. The number of benzene rings is 1. The lowest BCUT2D eigenvalue weighted by Crippen LogP contribution is -2.19. The van der Waals surface area contributed by atoms with Gasteiger partial charge in [-0.15, -0.1) is 0 Å². The Hall–Kier alpha value is -0.870. The molecule has 0 N–H and O–H groups in total. The molecule has 0 aliphatic rings. The van der Waals surface area contributed by atoms with Gasteiger partial charge in [0.15, 0.2) is 5.66 Å². The molecule has 0 amide bonds. The summed E-state index contributed by atoms with van der Waals surface area (Å²) in [6, 6.07) is 6.55. The molecule has 21 heavy (non-hydrogen) atoms. The van der Waals surface area contributed by atoms with Crippen molar-refractivity contribution in [2.75, 3.05) is 19.8 Å². The van der Waals surface area contributed by atoms with Crippen LogP contribution in [-0.2, 0) is 23.1 Å². The van der Waals surface area contributed by atoms with Crippen LogP contribution in [-0.4, -0.2) is 25.8 Å². The zero-order valence-electron chi connectivity index (χ0n) is 12.4. The lowest BCUT2D eigenvalue weighted by molar-refractivity contribution is -0.143. The molecular weight excluding hydrogens is 315 g/mol. The first-order valence-corrected chi connectivity index (χ1v) is 8.78. The van der Waals surface area contributed by atoms with Gasteiger partial charge in [-0.1, -0.05) is 23.7 Å². The monoisotopic (exact) mass is 334 g/mol. The molecule has 1 aromatic rings. The Labute approximate surface area is 130 Å². The van der Waals surface area contributed by atoms with Crippen molar-refractivity contribution in [3.63, 3.8) is 0 Å². The molecule has 0 aliphatic heterocycles. The third-order valence-electron chi connectivity index (χ3n) is 2.61. The predicted molar refractivity (Wildman–Crippen MR) is 81.7 cm³/mol. The van der Waals surface area contributed by atoms with Crippen molar-refractivity contribution in [2.24, 2.45) is 0 Å². The second-order valence-corrected chi connectivity index (χ2v) is 6.63. The largest absolute Gasteiger partial charge is 0.465 e. The third kappa shape index (κ3) is 4.82. The molecule has 0 aliphatic carbocycles. The summed E-state index contributed by atoms with van der Waals surface area (Å²) in [5.74, 6) is -0.648. The van der Waals surface area contributed by atoms with E-state index in [2.05, 4.69) is 0 Å². The summed E-state index contributed by atoms with van der Waals surface area (Å²) >= 11 is 5.95. The maximum absolute atomic E-state index is 13.0. The van der Waals surface area contributed by atoms with E-state index in [1.807, 2.05) is 0 Å². The van der Waals surface area contributed by atoms with Gasteiger partial charge in [0.05, 0.1) is 19.8 Å². The van der Waals surface area contributed by atoms with E-state index in [0.717, 1.165) is 0 Å². The van der Waals surface area contributed by atoms with Crippen LogP contribution in [0, 0.1) is 0 Å². The third-order valence-corrected chi connectivity index (χ3v) is 5.22. The molecule has 118 valence electrons. The van der Waals surface area contributed by atoms with Crippen LogP contribution in [0.15, 0.2) is 24.3 Å². The van der Waals surface area contributed by atoms with E-state index in [1.54, 1.807) is 45.0 Å². The van der Waals surface area contributed by atoms with Crippen LogP contribution < -0.4 is 0 Å². The van der Waals surface area contributed by atoms with Crippen molar-refractivity contribution in [2.45, 2.75) is 26.4 Å². The molecule has 0 saturated carbocycles. The molecule has 0 bridgehead atoms. The molecule has 0 radical (unpaired) electrons. The van der Waals surface area contributed by atoms with Crippen LogP contribution in [0.2, 0.25) is 5.02 Å². The van der Waals surface area contributed by atoms with Crippen LogP contribution in [0.1, 0.15) is 32.0 Å². The fourth-order valence-corrected chi connectivity index (χ4v) is 4.04. The number of carbonyl (C=O) groups excluding carboxylic acids is 1. The topological polar surface area (TPSA) is 61.8 Å². The maximum Gasteiger partial charge on any atom is 0.349 e. The predicted octanol–water partition coefficient (Wildman–Crippen LogP) is 4.21. The number of hydrogen-bond donors (Lipinski definition) is 0. The number of carbonyl (C=O) groups is 1. The zero-order valence-corrected chi connectivity index (χ0v) is 14.0. The van der Waals surface area contributed by atoms with E-state index >= 15 is 0 Å². The molecule has 0 spiro atoms. The quantitative estimate of drug-likeness (QED) is 0.526. The molecular formula is C14H20ClO5P.